The van der Waals surface area contributed by atoms with Crippen molar-refractivity contribution in [2.75, 3.05) is 20.2 Å². The Morgan fingerprint density at radius 2 is 1.78 bits per heavy atom. The van der Waals surface area contributed by atoms with Crippen LogP contribution >= 0.6 is 0 Å². The standard InChI is InChI=1S/C20H23N3O2.2ClH/c1-25-17-9-7-16(8-10-17)11-13-21-12-4-14-23-15-22-19-6-3-2-5-18(19)20(23)24;;/h2-3,5-10,15,21H,4,11-14H2,1H3;2*1H. The minimum Gasteiger partial charge on any atom is -1.00 e. The van der Waals surface area contributed by atoms with Gasteiger partial charge in [0, 0.05) is 12.8 Å². The molecule has 146 valence electrons. The Morgan fingerprint density at radius 3 is 2.52 bits per heavy atom. The number of aryl methyl sites for hydroxylation is 1. The van der Waals surface area contributed by atoms with E-state index in [-0.39, 0.29) is 30.4 Å². The van der Waals surface area contributed by atoms with Gasteiger partial charge in [-0.05, 0) is 29.8 Å². The molecule has 0 amide bonds. The van der Waals surface area contributed by atoms with Gasteiger partial charge in [-0.15, -0.1) is 0 Å². The van der Waals surface area contributed by atoms with Crippen molar-refractivity contribution < 1.29 is 39.9 Å². The lowest BCUT2D eigenvalue weighted by atomic mass is 10.1. The highest BCUT2D eigenvalue weighted by Gasteiger charge is 2.09. The number of halogens is 2. The highest BCUT2D eigenvalue weighted by Crippen LogP contribution is 2.10. The van der Waals surface area contributed by atoms with Crippen molar-refractivity contribution >= 4 is 10.9 Å². The molecule has 0 aliphatic carbocycles. The van der Waals surface area contributed by atoms with Crippen molar-refractivity contribution in [3.8, 4) is 5.75 Å². The molecular formula is C20H25Cl2N3O2. The van der Waals surface area contributed by atoms with Gasteiger partial charge in [0.15, 0.2) is 0 Å². The summed E-state index contributed by atoms with van der Waals surface area (Å²) in [6.45, 7) is 2.79. The van der Waals surface area contributed by atoms with E-state index in [9.17, 15) is 4.79 Å². The molecule has 0 radical (unpaired) electrons. The molecule has 3 N–H and O–H groups in total. The van der Waals surface area contributed by atoms with Crippen molar-refractivity contribution in [1.29, 1.82) is 0 Å². The van der Waals surface area contributed by atoms with E-state index in [0.29, 0.717) is 0 Å². The summed E-state index contributed by atoms with van der Waals surface area (Å²) in [5.74, 6) is 0.894. The van der Waals surface area contributed by atoms with Crippen LogP contribution in [0.5, 0.6) is 5.75 Å². The number of nitrogens with two attached hydrogens (primary N) is 1. The minimum atomic E-state index is 0. The molecule has 0 aliphatic heterocycles. The second-order valence-electron chi connectivity index (χ2n) is 6.14. The lowest BCUT2D eigenvalue weighted by Crippen LogP contribution is -3.00. The minimum absolute atomic E-state index is 0. The molecule has 5 nitrogen and oxygen atoms in total. The molecule has 0 spiro atoms. The van der Waals surface area contributed by atoms with Crippen molar-refractivity contribution in [3.05, 3.63) is 70.8 Å². The molecule has 1 heterocycles. The van der Waals surface area contributed by atoms with Gasteiger partial charge in [0.2, 0.25) is 6.33 Å². The highest BCUT2D eigenvalue weighted by molar-refractivity contribution is 5.73. The number of ether oxygens (including phenoxy) is 1. The number of aromatic nitrogens is 2. The summed E-state index contributed by atoms with van der Waals surface area (Å²) in [5, 5.41) is 3.05. The second-order valence-corrected chi connectivity index (χ2v) is 6.14. The zero-order valence-corrected chi connectivity index (χ0v) is 16.8. The van der Waals surface area contributed by atoms with E-state index in [1.54, 1.807) is 18.0 Å². The van der Waals surface area contributed by atoms with Crippen molar-refractivity contribution in [1.82, 2.24) is 4.57 Å². The number of rotatable bonds is 8. The number of hydrogen-bond donors (Lipinski definition) is 1. The third-order valence-corrected chi connectivity index (χ3v) is 4.40. The first-order valence-corrected chi connectivity index (χ1v) is 8.72. The predicted octanol–water partition coefficient (Wildman–Crippen LogP) is -4.97. The second kappa shape index (κ2) is 11.6. The molecule has 0 unspecified atom stereocenters. The molecule has 0 aliphatic rings. The van der Waals surface area contributed by atoms with Gasteiger partial charge < -0.3 is 34.9 Å². The highest BCUT2D eigenvalue weighted by atomic mass is 35.5. The number of quaternary nitrogens is 1. The summed E-state index contributed by atoms with van der Waals surface area (Å²) in [6.07, 6.45) is 3.78. The summed E-state index contributed by atoms with van der Waals surface area (Å²) in [4.78, 5) is 15.6. The number of hydrogen-bond acceptors (Lipinski definition) is 2. The summed E-state index contributed by atoms with van der Waals surface area (Å²) < 4.78 is 6.93. The van der Waals surface area contributed by atoms with E-state index in [1.165, 1.54) is 5.56 Å². The number of para-hydroxylation sites is 1. The van der Waals surface area contributed by atoms with E-state index in [2.05, 4.69) is 22.4 Å². The van der Waals surface area contributed by atoms with Gasteiger partial charge in [-0.25, -0.2) is 9.78 Å². The van der Waals surface area contributed by atoms with E-state index in [0.717, 1.165) is 49.1 Å². The molecule has 0 atom stereocenters. The molecule has 0 bridgehead atoms. The SMILES string of the molecule is COc1ccc(CC[NH2+]CCCn2c[nH+]c3ccccc3c2=O)cc1.[Cl-].[Cl-]. The fourth-order valence-corrected chi connectivity index (χ4v) is 2.93. The Balaban J connectivity index is 0.00000182. The number of aromatic amines is 1. The third kappa shape index (κ3) is 6.24. The van der Waals surface area contributed by atoms with Crippen LogP contribution in [0.15, 0.2) is 59.7 Å². The average molecular weight is 410 g/mol. The molecule has 0 saturated carbocycles. The van der Waals surface area contributed by atoms with Crippen LogP contribution in [0.3, 0.4) is 0 Å². The maximum absolute atomic E-state index is 12.4. The lowest BCUT2D eigenvalue weighted by molar-refractivity contribution is -0.654. The Bertz CT molecular complexity index is 882. The molecule has 7 heteroatoms. The van der Waals surface area contributed by atoms with E-state index in [1.807, 2.05) is 36.4 Å². The van der Waals surface area contributed by atoms with Gasteiger partial charge in [-0.3, -0.25) is 0 Å². The summed E-state index contributed by atoms with van der Waals surface area (Å²) in [6, 6.07) is 15.8. The summed E-state index contributed by atoms with van der Waals surface area (Å²) in [7, 11) is 1.68. The van der Waals surface area contributed by atoms with E-state index >= 15 is 0 Å². The van der Waals surface area contributed by atoms with Gasteiger partial charge in [-0.2, -0.15) is 4.57 Å². The Hall–Kier alpha value is -2.08. The summed E-state index contributed by atoms with van der Waals surface area (Å²) >= 11 is 0. The molecule has 2 aromatic carbocycles. The van der Waals surface area contributed by atoms with Crippen LogP contribution in [-0.2, 0) is 13.0 Å². The molecular weight excluding hydrogens is 385 g/mol. The maximum atomic E-state index is 12.4. The number of benzene rings is 2. The van der Waals surface area contributed by atoms with Crippen LogP contribution in [0.25, 0.3) is 10.9 Å². The van der Waals surface area contributed by atoms with Crippen molar-refractivity contribution in [3.63, 3.8) is 0 Å². The quantitative estimate of drug-likeness (QED) is 0.379. The molecule has 1 aromatic heterocycles. The topological polar surface area (TPSA) is 62.0 Å². The first-order valence-electron chi connectivity index (χ1n) is 8.72. The Labute approximate surface area is 171 Å². The van der Waals surface area contributed by atoms with Crippen LogP contribution in [-0.4, -0.2) is 24.8 Å². The Kier molecular flexibility index (Phi) is 9.86. The normalized spacial score (nSPS) is 10.1. The van der Waals surface area contributed by atoms with Gasteiger partial charge in [-0.1, -0.05) is 24.3 Å². The monoisotopic (exact) mass is 409 g/mol. The average Bonchev–Trinajstić information content (AvgIpc) is 2.67. The van der Waals surface area contributed by atoms with Gasteiger partial charge in [0.1, 0.15) is 16.7 Å². The number of nitrogens with one attached hydrogen (secondary N) is 1. The maximum Gasteiger partial charge on any atom is 0.345 e. The zero-order valence-electron chi connectivity index (χ0n) is 15.3. The molecule has 3 rings (SSSR count). The number of fused-ring (bicyclic) bond motifs is 1. The van der Waals surface area contributed by atoms with Crippen LogP contribution < -0.4 is 45.4 Å². The number of nitrogens with zero attached hydrogens (tertiary/aromatic N) is 1. The van der Waals surface area contributed by atoms with Crippen LogP contribution in [0.2, 0.25) is 0 Å². The fourth-order valence-electron chi connectivity index (χ4n) is 2.93. The lowest BCUT2D eigenvalue weighted by Gasteiger charge is -2.04. The van der Waals surface area contributed by atoms with Crippen LogP contribution in [0, 0.1) is 0 Å². The molecule has 0 fully saturated rings. The van der Waals surface area contributed by atoms with Crippen molar-refractivity contribution in [2.24, 2.45) is 0 Å². The predicted molar refractivity (Wildman–Crippen MR) is 97.7 cm³/mol. The van der Waals surface area contributed by atoms with Gasteiger partial charge in [0.25, 0.3) is 0 Å². The first-order chi connectivity index (χ1) is 12.3. The summed E-state index contributed by atoms with van der Waals surface area (Å²) in [5.41, 5.74) is 2.28. The fraction of sp³-hybridized carbons (Fsp3) is 0.300. The van der Waals surface area contributed by atoms with E-state index in [4.69, 9.17) is 4.74 Å². The molecule has 27 heavy (non-hydrogen) atoms. The van der Waals surface area contributed by atoms with Gasteiger partial charge in [0.05, 0.1) is 26.7 Å². The van der Waals surface area contributed by atoms with Crippen molar-refractivity contribution in [2.45, 2.75) is 19.4 Å². The zero-order chi connectivity index (χ0) is 17.5. The largest absolute Gasteiger partial charge is 1.00 e. The van der Waals surface area contributed by atoms with Gasteiger partial charge >= 0.3 is 5.56 Å². The number of methoxy groups -OCH3 is 1. The van der Waals surface area contributed by atoms with Crippen LogP contribution in [0.4, 0.5) is 0 Å². The number of H-pyrrole nitrogens is 1. The third-order valence-electron chi connectivity index (χ3n) is 4.40. The first kappa shape index (κ1) is 23.0. The van der Waals surface area contributed by atoms with Crippen LogP contribution in [0.1, 0.15) is 12.0 Å². The Morgan fingerprint density at radius 1 is 1.04 bits per heavy atom. The molecule has 3 aromatic rings. The molecule has 0 saturated heterocycles. The smallest absolute Gasteiger partial charge is 0.345 e. The van der Waals surface area contributed by atoms with E-state index < -0.39 is 0 Å².